The molecule has 7 nitrogen and oxygen atoms in total. The van der Waals surface area contributed by atoms with Crippen molar-refractivity contribution in [3.63, 3.8) is 0 Å². The highest BCUT2D eigenvalue weighted by atomic mass is 32.1. The van der Waals surface area contributed by atoms with Gasteiger partial charge in [0.05, 0.1) is 5.69 Å². The first-order chi connectivity index (χ1) is 14.2. The minimum absolute atomic E-state index is 0.186. The summed E-state index contributed by atoms with van der Waals surface area (Å²) < 4.78 is 7.85. The Bertz CT molecular complexity index is 1170. The first kappa shape index (κ1) is 18.1. The first-order valence-corrected chi connectivity index (χ1v) is 10.8. The number of aryl methyl sites for hydroxylation is 1. The average Bonchev–Trinajstić information content (AvgIpc) is 3.16. The molecular formula is C21H21N5O2S. The van der Waals surface area contributed by atoms with Crippen LogP contribution in [0.3, 0.4) is 0 Å². The lowest BCUT2D eigenvalue weighted by atomic mass is 10.2. The van der Waals surface area contributed by atoms with Gasteiger partial charge in [-0.1, -0.05) is 18.2 Å². The molecule has 0 saturated heterocycles. The van der Waals surface area contributed by atoms with Crippen molar-refractivity contribution < 1.29 is 9.21 Å². The van der Waals surface area contributed by atoms with E-state index >= 15 is 0 Å². The van der Waals surface area contributed by atoms with Gasteiger partial charge < -0.3 is 14.3 Å². The van der Waals surface area contributed by atoms with Crippen LogP contribution in [-0.4, -0.2) is 32.2 Å². The van der Waals surface area contributed by atoms with Crippen LogP contribution in [0.1, 0.15) is 48.0 Å². The lowest BCUT2D eigenvalue weighted by molar-refractivity contribution is 0.0949. The Morgan fingerprint density at radius 3 is 3.00 bits per heavy atom. The zero-order valence-electron chi connectivity index (χ0n) is 16.1. The van der Waals surface area contributed by atoms with Crippen molar-refractivity contribution in [2.45, 2.75) is 38.6 Å². The number of benzene rings is 1. The van der Waals surface area contributed by atoms with Crippen LogP contribution >= 0.6 is 11.3 Å². The molecule has 148 valence electrons. The Balaban J connectivity index is 1.26. The van der Waals surface area contributed by atoms with Gasteiger partial charge in [-0.25, -0.2) is 4.98 Å². The van der Waals surface area contributed by atoms with Crippen LogP contribution in [0.2, 0.25) is 0 Å². The molecule has 0 atom stereocenters. The normalized spacial score (nSPS) is 13.8. The lowest BCUT2D eigenvalue weighted by Gasteiger charge is -2.05. The van der Waals surface area contributed by atoms with Crippen LogP contribution in [0.4, 0.5) is 0 Å². The Hall–Kier alpha value is -3.00. The number of hydrogen-bond acceptors (Lipinski definition) is 6. The molecule has 1 aromatic carbocycles. The summed E-state index contributed by atoms with van der Waals surface area (Å²) in [6.45, 7) is 3.40. The first-order valence-electron chi connectivity index (χ1n) is 9.87. The zero-order chi connectivity index (χ0) is 19.8. The number of rotatable bonds is 7. The monoisotopic (exact) mass is 407 g/mol. The summed E-state index contributed by atoms with van der Waals surface area (Å²) in [6, 6.07) is 10.4. The molecule has 1 fully saturated rings. The fourth-order valence-electron chi connectivity index (χ4n) is 3.46. The number of amides is 1. The standard InChI is InChI=1S/C21H21N5O2S/c1-2-26-16-6-4-3-5-14(16)11-17(26)21-23-15(12-29-21)19(27)22-10-9-18-24-25-20(28-18)13-7-8-13/h3-6,11-13H,2,7-10H2,1H3,(H,22,27). The number of fused-ring (bicyclic) bond motifs is 1. The molecule has 0 aliphatic heterocycles. The summed E-state index contributed by atoms with van der Waals surface area (Å²) in [6.07, 6.45) is 2.77. The third-order valence-electron chi connectivity index (χ3n) is 5.12. The number of thiazole rings is 1. The van der Waals surface area contributed by atoms with E-state index < -0.39 is 0 Å². The van der Waals surface area contributed by atoms with Crippen LogP contribution in [0, 0.1) is 0 Å². The maximum Gasteiger partial charge on any atom is 0.270 e. The largest absolute Gasteiger partial charge is 0.425 e. The van der Waals surface area contributed by atoms with E-state index in [1.165, 1.54) is 22.2 Å². The maximum absolute atomic E-state index is 12.5. The molecule has 3 aromatic heterocycles. The van der Waals surface area contributed by atoms with E-state index in [9.17, 15) is 4.79 Å². The molecule has 3 heterocycles. The third-order valence-corrected chi connectivity index (χ3v) is 5.98. The fourth-order valence-corrected chi connectivity index (χ4v) is 4.28. The highest BCUT2D eigenvalue weighted by Gasteiger charge is 2.29. The number of hydrogen-bond donors (Lipinski definition) is 1. The molecule has 5 rings (SSSR count). The molecule has 1 aliphatic rings. The van der Waals surface area contributed by atoms with Gasteiger partial charge in [-0.3, -0.25) is 4.79 Å². The van der Waals surface area contributed by atoms with Gasteiger partial charge in [-0.05, 0) is 31.9 Å². The second-order valence-corrected chi connectivity index (χ2v) is 8.04. The Kier molecular flexibility index (Phi) is 4.63. The van der Waals surface area contributed by atoms with E-state index in [2.05, 4.69) is 50.2 Å². The number of carbonyl (C=O) groups excluding carboxylic acids is 1. The van der Waals surface area contributed by atoms with Crippen molar-refractivity contribution in [1.29, 1.82) is 0 Å². The Morgan fingerprint density at radius 1 is 1.31 bits per heavy atom. The molecular weight excluding hydrogens is 386 g/mol. The average molecular weight is 407 g/mol. The molecule has 4 aromatic rings. The van der Waals surface area contributed by atoms with Gasteiger partial charge in [0.15, 0.2) is 0 Å². The Labute approximate surface area is 171 Å². The Morgan fingerprint density at radius 2 is 2.17 bits per heavy atom. The van der Waals surface area contributed by atoms with Crippen LogP contribution in [0.15, 0.2) is 40.1 Å². The lowest BCUT2D eigenvalue weighted by Crippen LogP contribution is -2.26. The van der Waals surface area contributed by atoms with Crippen molar-refractivity contribution in [3.8, 4) is 10.7 Å². The fraction of sp³-hybridized carbons (Fsp3) is 0.333. The number of para-hydroxylation sites is 1. The van der Waals surface area contributed by atoms with Gasteiger partial charge in [-0.15, -0.1) is 21.5 Å². The second kappa shape index (κ2) is 7.44. The molecule has 1 amide bonds. The van der Waals surface area contributed by atoms with Crippen molar-refractivity contribution in [3.05, 3.63) is 53.2 Å². The highest BCUT2D eigenvalue weighted by molar-refractivity contribution is 7.13. The summed E-state index contributed by atoms with van der Waals surface area (Å²) in [5.74, 6) is 1.55. The molecule has 29 heavy (non-hydrogen) atoms. The van der Waals surface area contributed by atoms with E-state index in [1.807, 2.05) is 12.1 Å². The topological polar surface area (TPSA) is 85.8 Å². The quantitative estimate of drug-likeness (QED) is 0.500. The van der Waals surface area contributed by atoms with Crippen molar-refractivity contribution in [2.75, 3.05) is 6.54 Å². The van der Waals surface area contributed by atoms with Gasteiger partial charge in [0.25, 0.3) is 5.91 Å². The minimum atomic E-state index is -0.186. The molecule has 0 spiro atoms. The van der Waals surface area contributed by atoms with Crippen LogP contribution in [0.25, 0.3) is 21.6 Å². The molecule has 0 unspecified atom stereocenters. The zero-order valence-corrected chi connectivity index (χ0v) is 16.9. The third kappa shape index (κ3) is 3.55. The summed E-state index contributed by atoms with van der Waals surface area (Å²) in [7, 11) is 0. The van der Waals surface area contributed by atoms with E-state index in [1.54, 1.807) is 5.38 Å². The molecule has 1 N–H and O–H groups in total. The van der Waals surface area contributed by atoms with Crippen molar-refractivity contribution in [2.24, 2.45) is 0 Å². The minimum Gasteiger partial charge on any atom is -0.425 e. The summed E-state index contributed by atoms with van der Waals surface area (Å²) in [4.78, 5) is 17.1. The van der Waals surface area contributed by atoms with Gasteiger partial charge >= 0.3 is 0 Å². The summed E-state index contributed by atoms with van der Waals surface area (Å²) in [5, 5.41) is 14.8. The second-order valence-electron chi connectivity index (χ2n) is 7.18. The van der Waals surface area contributed by atoms with E-state index in [0.717, 1.165) is 36.0 Å². The van der Waals surface area contributed by atoms with Crippen LogP contribution in [-0.2, 0) is 13.0 Å². The molecule has 1 saturated carbocycles. The number of nitrogens with zero attached hydrogens (tertiary/aromatic N) is 4. The number of aromatic nitrogens is 4. The number of nitrogens with one attached hydrogen (secondary N) is 1. The molecule has 0 radical (unpaired) electrons. The van der Waals surface area contributed by atoms with Crippen LogP contribution in [0.5, 0.6) is 0 Å². The summed E-state index contributed by atoms with van der Waals surface area (Å²) in [5.41, 5.74) is 2.65. The molecule has 0 bridgehead atoms. The summed E-state index contributed by atoms with van der Waals surface area (Å²) >= 11 is 1.49. The maximum atomic E-state index is 12.5. The predicted molar refractivity (Wildman–Crippen MR) is 111 cm³/mol. The predicted octanol–water partition coefficient (Wildman–Crippen LogP) is 4.02. The van der Waals surface area contributed by atoms with Gasteiger partial charge in [0, 0.05) is 41.7 Å². The van der Waals surface area contributed by atoms with E-state index in [0.29, 0.717) is 30.5 Å². The van der Waals surface area contributed by atoms with E-state index in [-0.39, 0.29) is 5.91 Å². The highest BCUT2D eigenvalue weighted by Crippen LogP contribution is 2.39. The van der Waals surface area contributed by atoms with Gasteiger partial charge in [0.2, 0.25) is 11.8 Å². The molecule has 1 aliphatic carbocycles. The smallest absolute Gasteiger partial charge is 0.270 e. The van der Waals surface area contributed by atoms with Crippen LogP contribution < -0.4 is 5.32 Å². The van der Waals surface area contributed by atoms with E-state index in [4.69, 9.17) is 4.42 Å². The number of carbonyl (C=O) groups is 1. The molecule has 8 heteroatoms. The van der Waals surface area contributed by atoms with Gasteiger partial charge in [-0.2, -0.15) is 0 Å². The van der Waals surface area contributed by atoms with Crippen molar-refractivity contribution >= 4 is 28.1 Å². The van der Waals surface area contributed by atoms with Gasteiger partial charge in [0.1, 0.15) is 10.7 Å². The SMILES string of the molecule is CCn1c(-c2nc(C(=O)NCCc3nnc(C4CC4)o3)cs2)cc2ccccc21. The van der Waals surface area contributed by atoms with Crippen molar-refractivity contribution in [1.82, 2.24) is 25.1 Å².